The first-order valence-corrected chi connectivity index (χ1v) is 8.41. The number of allylic oxidation sites excluding steroid dienone is 1. The standard InChI is InChI=1S/C17H21NO6S/c1-6-23-17(22)14-10(4)15(11(5)19)25-16(14)18-12(20)8-24-13(21)7-9(2)3/h7H,6,8H2,1-5H3,(H,18,20). The molecule has 0 saturated carbocycles. The molecule has 1 heterocycles. The summed E-state index contributed by atoms with van der Waals surface area (Å²) >= 11 is 0.987. The molecule has 0 aliphatic carbocycles. The fraction of sp³-hybridized carbons (Fsp3) is 0.412. The van der Waals surface area contributed by atoms with Crippen LogP contribution in [0.2, 0.25) is 0 Å². The van der Waals surface area contributed by atoms with Gasteiger partial charge in [-0.3, -0.25) is 9.59 Å². The first-order chi connectivity index (χ1) is 11.7. The highest BCUT2D eigenvalue weighted by atomic mass is 32.1. The number of hydrogen-bond donors (Lipinski definition) is 1. The average molecular weight is 367 g/mol. The Kier molecular flexibility index (Phi) is 7.50. The summed E-state index contributed by atoms with van der Waals surface area (Å²) in [6.45, 7) is 7.76. The molecule has 0 unspecified atom stereocenters. The van der Waals surface area contributed by atoms with Crippen LogP contribution in [0.1, 0.15) is 53.3 Å². The Morgan fingerprint density at radius 1 is 1.12 bits per heavy atom. The van der Waals surface area contributed by atoms with Crippen LogP contribution in [0.4, 0.5) is 5.00 Å². The maximum absolute atomic E-state index is 12.1. The molecule has 25 heavy (non-hydrogen) atoms. The summed E-state index contributed by atoms with van der Waals surface area (Å²) in [5.41, 5.74) is 1.34. The van der Waals surface area contributed by atoms with Gasteiger partial charge < -0.3 is 14.8 Å². The Morgan fingerprint density at radius 2 is 1.76 bits per heavy atom. The number of thiophene rings is 1. The minimum absolute atomic E-state index is 0.140. The van der Waals surface area contributed by atoms with Gasteiger partial charge in [-0.25, -0.2) is 9.59 Å². The third-order valence-corrected chi connectivity index (χ3v) is 4.26. The lowest BCUT2D eigenvalue weighted by Gasteiger charge is -2.07. The summed E-state index contributed by atoms with van der Waals surface area (Å²) in [7, 11) is 0. The highest BCUT2D eigenvalue weighted by Gasteiger charge is 2.25. The molecule has 0 atom stereocenters. The van der Waals surface area contributed by atoms with Crippen LogP contribution in [0, 0.1) is 6.92 Å². The van der Waals surface area contributed by atoms with Crippen molar-refractivity contribution in [1.82, 2.24) is 0 Å². The molecule has 1 N–H and O–H groups in total. The van der Waals surface area contributed by atoms with E-state index < -0.39 is 24.5 Å². The van der Waals surface area contributed by atoms with Crippen LogP contribution in [-0.4, -0.2) is 36.8 Å². The fourth-order valence-corrected chi connectivity index (χ4v) is 3.07. The Morgan fingerprint density at radius 3 is 2.28 bits per heavy atom. The minimum Gasteiger partial charge on any atom is -0.462 e. The molecule has 0 spiro atoms. The van der Waals surface area contributed by atoms with Crippen LogP contribution in [0.5, 0.6) is 0 Å². The molecule has 1 aromatic heterocycles. The van der Waals surface area contributed by atoms with Crippen LogP contribution in [0.3, 0.4) is 0 Å². The van der Waals surface area contributed by atoms with Gasteiger partial charge in [0.15, 0.2) is 12.4 Å². The Bertz CT molecular complexity index is 728. The van der Waals surface area contributed by atoms with Gasteiger partial charge in [0, 0.05) is 6.08 Å². The van der Waals surface area contributed by atoms with Gasteiger partial charge in [0.2, 0.25) is 0 Å². The van der Waals surface area contributed by atoms with E-state index in [0.29, 0.717) is 10.4 Å². The maximum atomic E-state index is 12.1. The van der Waals surface area contributed by atoms with Crippen molar-refractivity contribution < 1.29 is 28.7 Å². The number of nitrogens with one attached hydrogen (secondary N) is 1. The third-order valence-electron chi connectivity index (χ3n) is 2.95. The molecular weight excluding hydrogens is 346 g/mol. The van der Waals surface area contributed by atoms with Crippen LogP contribution in [-0.2, 0) is 19.1 Å². The van der Waals surface area contributed by atoms with Crippen molar-refractivity contribution in [2.75, 3.05) is 18.5 Å². The van der Waals surface area contributed by atoms with E-state index in [1.165, 1.54) is 13.0 Å². The first kappa shape index (κ1) is 20.6. The topological polar surface area (TPSA) is 98.8 Å². The van der Waals surface area contributed by atoms with E-state index in [1.54, 1.807) is 27.7 Å². The third kappa shape index (κ3) is 5.82. The first-order valence-electron chi connectivity index (χ1n) is 7.60. The molecule has 0 radical (unpaired) electrons. The zero-order valence-electron chi connectivity index (χ0n) is 14.8. The number of anilines is 1. The molecule has 1 amide bonds. The largest absolute Gasteiger partial charge is 0.462 e. The number of amides is 1. The number of carbonyl (C=O) groups is 4. The Labute approximate surface area is 150 Å². The monoisotopic (exact) mass is 367 g/mol. The van der Waals surface area contributed by atoms with Gasteiger partial charge in [0.05, 0.1) is 17.0 Å². The molecular formula is C17H21NO6S. The molecule has 1 rings (SSSR count). The van der Waals surface area contributed by atoms with Gasteiger partial charge in [-0.1, -0.05) is 5.57 Å². The van der Waals surface area contributed by atoms with Crippen LogP contribution < -0.4 is 5.32 Å². The molecule has 0 aromatic carbocycles. The molecule has 0 fully saturated rings. The Hall–Kier alpha value is -2.48. The van der Waals surface area contributed by atoms with Gasteiger partial charge in [-0.05, 0) is 40.2 Å². The van der Waals surface area contributed by atoms with Crippen molar-refractivity contribution in [3.8, 4) is 0 Å². The van der Waals surface area contributed by atoms with Gasteiger partial charge in [-0.2, -0.15) is 0 Å². The fourth-order valence-electron chi connectivity index (χ4n) is 1.96. The second-order valence-corrected chi connectivity index (χ2v) is 6.44. The SMILES string of the molecule is CCOC(=O)c1c(NC(=O)COC(=O)C=C(C)C)sc(C(C)=O)c1C. The van der Waals surface area contributed by atoms with E-state index >= 15 is 0 Å². The predicted molar refractivity (Wildman–Crippen MR) is 94.0 cm³/mol. The number of ketones is 1. The molecule has 1 aromatic rings. The number of carbonyl (C=O) groups excluding carboxylic acids is 4. The molecule has 136 valence electrons. The van der Waals surface area contributed by atoms with E-state index in [1.807, 2.05) is 0 Å². The van der Waals surface area contributed by atoms with E-state index in [2.05, 4.69) is 5.32 Å². The van der Waals surface area contributed by atoms with Crippen molar-refractivity contribution in [3.63, 3.8) is 0 Å². The van der Waals surface area contributed by atoms with Gasteiger partial charge in [0.25, 0.3) is 5.91 Å². The number of Topliss-reactive ketones (excluding diaryl/α,β-unsaturated/α-hetero) is 1. The van der Waals surface area contributed by atoms with Crippen molar-refractivity contribution in [2.24, 2.45) is 0 Å². The van der Waals surface area contributed by atoms with Crippen molar-refractivity contribution in [3.05, 3.63) is 27.7 Å². The van der Waals surface area contributed by atoms with E-state index in [4.69, 9.17) is 9.47 Å². The summed E-state index contributed by atoms with van der Waals surface area (Å²) in [5, 5.41) is 2.70. The highest BCUT2D eigenvalue weighted by Crippen LogP contribution is 2.34. The second kappa shape index (κ2) is 9.12. The van der Waals surface area contributed by atoms with Crippen LogP contribution in [0.25, 0.3) is 0 Å². The van der Waals surface area contributed by atoms with E-state index in [0.717, 1.165) is 16.9 Å². The van der Waals surface area contributed by atoms with E-state index in [-0.39, 0.29) is 23.0 Å². The predicted octanol–water partition coefficient (Wildman–Crippen LogP) is 2.88. The summed E-state index contributed by atoms with van der Waals surface area (Å²) < 4.78 is 9.79. The number of esters is 2. The quantitative estimate of drug-likeness (QED) is 0.452. The van der Waals surface area contributed by atoms with Crippen LogP contribution in [0.15, 0.2) is 11.6 Å². The Balaban J connectivity index is 2.96. The molecule has 0 saturated heterocycles. The summed E-state index contributed by atoms with van der Waals surface area (Å²) in [5.74, 6) is -2.09. The maximum Gasteiger partial charge on any atom is 0.341 e. The van der Waals surface area contributed by atoms with Gasteiger partial charge in [0.1, 0.15) is 5.00 Å². The van der Waals surface area contributed by atoms with Gasteiger partial charge >= 0.3 is 11.9 Å². The molecule has 0 aliphatic rings. The zero-order chi connectivity index (χ0) is 19.1. The number of hydrogen-bond acceptors (Lipinski definition) is 7. The number of ether oxygens (including phenoxy) is 2. The average Bonchev–Trinajstić information content (AvgIpc) is 2.81. The lowest BCUT2D eigenvalue weighted by Crippen LogP contribution is -2.21. The van der Waals surface area contributed by atoms with Crippen molar-refractivity contribution >= 4 is 40.0 Å². The molecule has 7 nitrogen and oxygen atoms in total. The summed E-state index contributed by atoms with van der Waals surface area (Å²) in [4.78, 5) is 47.6. The molecule has 8 heteroatoms. The smallest absolute Gasteiger partial charge is 0.341 e. The lowest BCUT2D eigenvalue weighted by atomic mass is 10.1. The number of rotatable bonds is 7. The molecule has 0 bridgehead atoms. The lowest BCUT2D eigenvalue weighted by molar-refractivity contribution is -0.142. The second-order valence-electron chi connectivity index (χ2n) is 5.41. The van der Waals surface area contributed by atoms with E-state index in [9.17, 15) is 19.2 Å². The van der Waals surface area contributed by atoms with Gasteiger partial charge in [-0.15, -0.1) is 11.3 Å². The van der Waals surface area contributed by atoms with Crippen molar-refractivity contribution in [2.45, 2.75) is 34.6 Å². The van der Waals surface area contributed by atoms with Crippen molar-refractivity contribution in [1.29, 1.82) is 0 Å². The minimum atomic E-state index is -0.632. The highest BCUT2D eigenvalue weighted by molar-refractivity contribution is 7.18. The summed E-state index contributed by atoms with van der Waals surface area (Å²) in [6.07, 6.45) is 1.26. The zero-order valence-corrected chi connectivity index (χ0v) is 15.7. The molecule has 0 aliphatic heterocycles. The summed E-state index contributed by atoms with van der Waals surface area (Å²) in [6, 6.07) is 0. The normalized spacial score (nSPS) is 9.96. The van der Waals surface area contributed by atoms with Crippen LogP contribution >= 0.6 is 11.3 Å².